The van der Waals surface area contributed by atoms with Crippen molar-refractivity contribution in [3.05, 3.63) is 29.8 Å². The van der Waals surface area contributed by atoms with Crippen LogP contribution in [-0.2, 0) is 6.42 Å². The van der Waals surface area contributed by atoms with E-state index < -0.39 is 0 Å². The van der Waals surface area contributed by atoms with Crippen LogP contribution in [0.15, 0.2) is 24.3 Å². The molecular formula is C16H26N2O. The van der Waals surface area contributed by atoms with E-state index in [-0.39, 0.29) is 0 Å². The molecule has 3 heteroatoms. The SMILES string of the molecule is COc1ccccc1CCN(C)CC1(CN)CCC1. The Balaban J connectivity index is 1.84. The van der Waals surface area contributed by atoms with E-state index in [4.69, 9.17) is 10.5 Å². The summed E-state index contributed by atoms with van der Waals surface area (Å²) in [4.78, 5) is 2.42. The number of hydrogen-bond acceptors (Lipinski definition) is 3. The van der Waals surface area contributed by atoms with Crippen LogP contribution in [0.3, 0.4) is 0 Å². The number of methoxy groups -OCH3 is 1. The predicted molar refractivity (Wildman–Crippen MR) is 79.5 cm³/mol. The molecule has 1 fully saturated rings. The second-order valence-electron chi connectivity index (χ2n) is 5.86. The maximum absolute atomic E-state index is 5.92. The Morgan fingerprint density at radius 2 is 2.05 bits per heavy atom. The van der Waals surface area contributed by atoms with E-state index in [9.17, 15) is 0 Å². The van der Waals surface area contributed by atoms with Gasteiger partial charge in [0, 0.05) is 13.1 Å². The van der Waals surface area contributed by atoms with Gasteiger partial charge in [-0.2, -0.15) is 0 Å². The molecule has 1 aliphatic carbocycles. The van der Waals surface area contributed by atoms with Crippen molar-refractivity contribution in [1.29, 1.82) is 0 Å². The third-order valence-corrected chi connectivity index (χ3v) is 4.41. The summed E-state index contributed by atoms with van der Waals surface area (Å²) < 4.78 is 5.39. The summed E-state index contributed by atoms with van der Waals surface area (Å²) in [6.45, 7) is 3.01. The van der Waals surface area contributed by atoms with Gasteiger partial charge in [0.25, 0.3) is 0 Å². The smallest absolute Gasteiger partial charge is 0.122 e. The van der Waals surface area contributed by atoms with Crippen LogP contribution in [0.1, 0.15) is 24.8 Å². The molecule has 3 nitrogen and oxygen atoms in total. The standard InChI is InChI=1S/C16H26N2O/c1-18(13-16(12-17)9-5-10-16)11-8-14-6-3-4-7-15(14)19-2/h3-4,6-7H,5,8-13,17H2,1-2H3. The van der Waals surface area contributed by atoms with Crippen molar-refractivity contribution in [2.45, 2.75) is 25.7 Å². The van der Waals surface area contributed by atoms with E-state index in [2.05, 4.69) is 24.1 Å². The highest BCUT2D eigenvalue weighted by atomic mass is 16.5. The molecule has 0 radical (unpaired) electrons. The van der Waals surface area contributed by atoms with Gasteiger partial charge in [-0.25, -0.2) is 0 Å². The van der Waals surface area contributed by atoms with E-state index in [1.165, 1.54) is 24.8 Å². The highest BCUT2D eigenvalue weighted by Gasteiger charge is 2.36. The summed E-state index contributed by atoms with van der Waals surface area (Å²) in [5, 5.41) is 0. The van der Waals surface area contributed by atoms with Gasteiger partial charge in [0.05, 0.1) is 7.11 Å². The van der Waals surface area contributed by atoms with Crippen molar-refractivity contribution in [1.82, 2.24) is 4.90 Å². The quantitative estimate of drug-likeness (QED) is 0.819. The summed E-state index contributed by atoms with van der Waals surface area (Å²) in [5.74, 6) is 0.994. The van der Waals surface area contributed by atoms with Gasteiger partial charge in [0.15, 0.2) is 0 Å². The molecule has 1 aliphatic rings. The van der Waals surface area contributed by atoms with Crippen LogP contribution in [-0.4, -0.2) is 38.7 Å². The number of ether oxygens (including phenoxy) is 1. The lowest BCUT2D eigenvalue weighted by atomic mass is 9.68. The second-order valence-corrected chi connectivity index (χ2v) is 5.86. The number of nitrogens with zero attached hydrogens (tertiary/aromatic N) is 1. The van der Waals surface area contributed by atoms with Gasteiger partial charge < -0.3 is 15.4 Å². The molecule has 2 rings (SSSR count). The molecule has 0 amide bonds. The zero-order chi connectivity index (χ0) is 13.7. The van der Waals surface area contributed by atoms with Gasteiger partial charge in [0.2, 0.25) is 0 Å². The third-order valence-electron chi connectivity index (χ3n) is 4.41. The van der Waals surface area contributed by atoms with Crippen LogP contribution >= 0.6 is 0 Å². The molecule has 0 aliphatic heterocycles. The summed E-state index contributed by atoms with van der Waals surface area (Å²) in [5.41, 5.74) is 7.61. The molecule has 1 saturated carbocycles. The van der Waals surface area contributed by atoms with Crippen molar-refractivity contribution in [2.75, 3.05) is 33.8 Å². The highest BCUT2D eigenvalue weighted by Crippen LogP contribution is 2.40. The van der Waals surface area contributed by atoms with Gasteiger partial charge in [-0.1, -0.05) is 24.6 Å². The largest absolute Gasteiger partial charge is 0.496 e. The molecule has 1 aromatic carbocycles. The molecule has 0 saturated heterocycles. The van der Waals surface area contributed by atoms with E-state index in [0.29, 0.717) is 5.41 Å². The zero-order valence-electron chi connectivity index (χ0n) is 12.2. The number of hydrogen-bond donors (Lipinski definition) is 1. The minimum atomic E-state index is 0.398. The monoisotopic (exact) mass is 262 g/mol. The normalized spacial score (nSPS) is 17.3. The average Bonchev–Trinajstić information content (AvgIpc) is 2.41. The van der Waals surface area contributed by atoms with Gasteiger partial charge in [-0.15, -0.1) is 0 Å². The van der Waals surface area contributed by atoms with Crippen molar-refractivity contribution < 1.29 is 4.74 Å². The lowest BCUT2D eigenvalue weighted by Crippen LogP contribution is -2.46. The van der Waals surface area contributed by atoms with Gasteiger partial charge in [0.1, 0.15) is 5.75 Å². The molecule has 2 N–H and O–H groups in total. The molecule has 106 valence electrons. The Kier molecular flexibility index (Phi) is 4.83. The van der Waals surface area contributed by atoms with Crippen molar-refractivity contribution in [2.24, 2.45) is 11.1 Å². The third kappa shape index (κ3) is 3.48. The van der Waals surface area contributed by atoms with Crippen LogP contribution < -0.4 is 10.5 Å². The summed E-state index contributed by atoms with van der Waals surface area (Å²) in [6, 6.07) is 8.27. The summed E-state index contributed by atoms with van der Waals surface area (Å²) in [6.07, 6.45) is 4.96. The molecule has 19 heavy (non-hydrogen) atoms. The van der Waals surface area contributed by atoms with E-state index in [1.807, 2.05) is 12.1 Å². The number of rotatable bonds is 7. The molecule has 0 bridgehead atoms. The lowest BCUT2D eigenvalue weighted by Gasteiger charge is -2.43. The maximum atomic E-state index is 5.92. The fourth-order valence-corrected chi connectivity index (χ4v) is 2.98. The molecular weight excluding hydrogens is 236 g/mol. The Hall–Kier alpha value is -1.06. The Morgan fingerprint density at radius 1 is 1.32 bits per heavy atom. The fourth-order valence-electron chi connectivity index (χ4n) is 2.98. The van der Waals surface area contributed by atoms with Crippen molar-refractivity contribution >= 4 is 0 Å². The number of para-hydroxylation sites is 1. The van der Waals surface area contributed by atoms with Crippen LogP contribution in [0.4, 0.5) is 0 Å². The molecule has 0 aromatic heterocycles. The van der Waals surface area contributed by atoms with Crippen LogP contribution in [0.25, 0.3) is 0 Å². The Morgan fingerprint density at radius 3 is 2.63 bits per heavy atom. The number of nitrogens with two attached hydrogens (primary N) is 1. The van der Waals surface area contributed by atoms with Gasteiger partial charge in [-0.05, 0) is 49.9 Å². The van der Waals surface area contributed by atoms with Crippen molar-refractivity contribution in [3.8, 4) is 5.75 Å². The number of likely N-dealkylation sites (N-methyl/N-ethyl adjacent to an activating group) is 1. The second kappa shape index (κ2) is 6.40. The first-order valence-corrected chi connectivity index (χ1v) is 7.20. The minimum Gasteiger partial charge on any atom is -0.496 e. The maximum Gasteiger partial charge on any atom is 0.122 e. The van der Waals surface area contributed by atoms with Crippen LogP contribution in [0, 0.1) is 5.41 Å². The molecule has 0 spiro atoms. The topological polar surface area (TPSA) is 38.5 Å². The average molecular weight is 262 g/mol. The molecule has 0 heterocycles. The predicted octanol–water partition coefficient (Wildman–Crippen LogP) is 2.30. The van der Waals surface area contributed by atoms with Gasteiger partial charge in [-0.3, -0.25) is 0 Å². The van der Waals surface area contributed by atoms with Crippen LogP contribution in [0.2, 0.25) is 0 Å². The fraction of sp³-hybridized carbons (Fsp3) is 0.625. The molecule has 0 unspecified atom stereocenters. The molecule has 0 atom stereocenters. The first-order chi connectivity index (χ1) is 9.19. The van der Waals surface area contributed by atoms with Crippen molar-refractivity contribution in [3.63, 3.8) is 0 Å². The van der Waals surface area contributed by atoms with E-state index in [0.717, 1.165) is 31.8 Å². The highest BCUT2D eigenvalue weighted by molar-refractivity contribution is 5.33. The number of benzene rings is 1. The first-order valence-electron chi connectivity index (χ1n) is 7.20. The van der Waals surface area contributed by atoms with E-state index in [1.54, 1.807) is 7.11 Å². The zero-order valence-corrected chi connectivity index (χ0v) is 12.2. The first kappa shape index (κ1) is 14.4. The lowest BCUT2D eigenvalue weighted by molar-refractivity contribution is 0.0882. The minimum absolute atomic E-state index is 0.398. The van der Waals surface area contributed by atoms with Gasteiger partial charge >= 0.3 is 0 Å². The summed E-state index contributed by atoms with van der Waals surface area (Å²) >= 11 is 0. The van der Waals surface area contributed by atoms with E-state index >= 15 is 0 Å². The Labute approximate surface area is 116 Å². The Bertz CT molecular complexity index is 396. The van der Waals surface area contributed by atoms with Crippen LogP contribution in [0.5, 0.6) is 5.75 Å². The molecule has 1 aromatic rings. The summed E-state index contributed by atoms with van der Waals surface area (Å²) in [7, 11) is 3.94.